The molecule has 2 bridgehead atoms. The van der Waals surface area contributed by atoms with Crippen LogP contribution in [0.3, 0.4) is 0 Å². The molecule has 1 aliphatic heterocycles. The van der Waals surface area contributed by atoms with Crippen LogP contribution in [0.4, 0.5) is 0 Å². The highest BCUT2D eigenvalue weighted by molar-refractivity contribution is 6.08. The van der Waals surface area contributed by atoms with Crippen LogP contribution in [0.2, 0.25) is 0 Å². The monoisotopic (exact) mass is 564 g/mol. The quantitative estimate of drug-likeness (QED) is 0.171. The van der Waals surface area contributed by atoms with Crippen molar-refractivity contribution in [1.82, 2.24) is 5.01 Å². The van der Waals surface area contributed by atoms with Crippen molar-refractivity contribution in [1.29, 1.82) is 0 Å². The van der Waals surface area contributed by atoms with Crippen LogP contribution in [0, 0.1) is 11.8 Å². The molecule has 5 aromatic rings. The van der Waals surface area contributed by atoms with Gasteiger partial charge in [0.05, 0.1) is 25.2 Å². The molecule has 210 valence electrons. The Hall–Kier alpha value is -5.23. The van der Waals surface area contributed by atoms with E-state index in [4.69, 9.17) is 9.47 Å². The largest absolute Gasteiger partial charge is 0.493 e. The van der Waals surface area contributed by atoms with Gasteiger partial charge in [-0.25, -0.2) is 0 Å². The van der Waals surface area contributed by atoms with Crippen molar-refractivity contribution in [3.05, 3.63) is 143 Å². The van der Waals surface area contributed by atoms with E-state index < -0.39 is 11.8 Å². The molecule has 4 aliphatic rings. The third kappa shape index (κ3) is 3.90. The van der Waals surface area contributed by atoms with Crippen molar-refractivity contribution in [3.63, 3.8) is 0 Å². The molecule has 0 saturated carbocycles. The van der Waals surface area contributed by atoms with E-state index in [2.05, 4.69) is 53.6 Å². The van der Waals surface area contributed by atoms with Gasteiger partial charge in [0.25, 0.3) is 11.8 Å². The number of nitrogens with zero attached hydrogens (tertiary/aromatic N) is 2. The first-order chi connectivity index (χ1) is 21.1. The van der Waals surface area contributed by atoms with Crippen LogP contribution in [0.1, 0.15) is 45.2 Å². The van der Waals surface area contributed by atoms with E-state index in [1.165, 1.54) is 0 Å². The Kier molecular flexibility index (Phi) is 5.89. The molecule has 5 aromatic carbocycles. The summed E-state index contributed by atoms with van der Waals surface area (Å²) in [6, 6.07) is 36.3. The van der Waals surface area contributed by atoms with E-state index in [-0.39, 0.29) is 23.7 Å². The summed E-state index contributed by atoms with van der Waals surface area (Å²) in [5, 5.41) is 7.84. The van der Waals surface area contributed by atoms with Gasteiger partial charge in [0.1, 0.15) is 6.61 Å². The zero-order valence-corrected chi connectivity index (χ0v) is 23.5. The molecule has 0 aromatic heterocycles. The van der Waals surface area contributed by atoms with Crippen LogP contribution in [0.25, 0.3) is 10.8 Å². The Balaban J connectivity index is 1.06. The zero-order chi connectivity index (χ0) is 29.1. The number of hydrazone groups is 1. The van der Waals surface area contributed by atoms with Crippen molar-refractivity contribution in [2.75, 3.05) is 7.11 Å². The fourth-order valence-electron chi connectivity index (χ4n) is 7.36. The number of hydrogen-bond acceptors (Lipinski definition) is 5. The molecule has 9 rings (SSSR count). The number of methoxy groups -OCH3 is 1. The van der Waals surface area contributed by atoms with Crippen LogP contribution >= 0.6 is 0 Å². The predicted molar refractivity (Wildman–Crippen MR) is 164 cm³/mol. The zero-order valence-electron chi connectivity index (χ0n) is 23.5. The van der Waals surface area contributed by atoms with Crippen LogP contribution < -0.4 is 9.47 Å². The molecular formula is C37H28N2O4. The number of imide groups is 1. The third-order valence-electron chi connectivity index (χ3n) is 9.20. The molecule has 0 N–H and O–H groups in total. The first-order valence-electron chi connectivity index (χ1n) is 14.5. The normalized spacial score (nSPS) is 21.7. The lowest BCUT2D eigenvalue weighted by atomic mass is 9.55. The molecule has 2 atom stereocenters. The molecule has 2 amide bonds. The second kappa shape index (κ2) is 9.95. The van der Waals surface area contributed by atoms with Crippen molar-refractivity contribution in [2.45, 2.75) is 18.4 Å². The van der Waals surface area contributed by atoms with Crippen molar-refractivity contribution >= 4 is 28.8 Å². The lowest BCUT2D eigenvalue weighted by Crippen LogP contribution is -2.41. The van der Waals surface area contributed by atoms with E-state index in [0.29, 0.717) is 23.7 Å². The molecule has 1 fully saturated rings. The van der Waals surface area contributed by atoms with E-state index >= 15 is 0 Å². The van der Waals surface area contributed by atoms with Gasteiger partial charge in [0.2, 0.25) is 0 Å². The lowest BCUT2D eigenvalue weighted by Gasteiger charge is -2.45. The average Bonchev–Trinajstić information content (AvgIpc) is 3.31. The van der Waals surface area contributed by atoms with Crippen molar-refractivity contribution < 1.29 is 19.1 Å². The van der Waals surface area contributed by atoms with Gasteiger partial charge in [-0.15, -0.1) is 0 Å². The highest BCUT2D eigenvalue weighted by Crippen LogP contribution is 2.61. The maximum atomic E-state index is 13.8. The molecule has 6 heteroatoms. The molecule has 1 saturated heterocycles. The van der Waals surface area contributed by atoms with Gasteiger partial charge >= 0.3 is 0 Å². The summed E-state index contributed by atoms with van der Waals surface area (Å²) in [4.78, 5) is 27.6. The SMILES string of the molecule is COc1cc(/C=N\N2C(=O)[C@H]3C4c5ccccc5C(c5ccccc54)[C@@H]3C2=O)ccc1OCc1cccc2ccccc12. The number of benzene rings is 5. The fraction of sp³-hybridized carbons (Fsp3) is 0.162. The van der Waals surface area contributed by atoms with Gasteiger partial charge in [0.15, 0.2) is 11.5 Å². The maximum Gasteiger partial charge on any atom is 0.254 e. The van der Waals surface area contributed by atoms with E-state index in [9.17, 15) is 9.59 Å². The van der Waals surface area contributed by atoms with E-state index in [1.807, 2.05) is 54.6 Å². The lowest BCUT2D eigenvalue weighted by molar-refractivity contribution is -0.139. The molecule has 0 spiro atoms. The first-order valence-corrected chi connectivity index (χ1v) is 14.5. The fourth-order valence-corrected chi connectivity index (χ4v) is 7.36. The molecule has 1 heterocycles. The van der Waals surface area contributed by atoms with Crippen LogP contribution in [0.5, 0.6) is 11.5 Å². The van der Waals surface area contributed by atoms with Gasteiger partial charge in [-0.2, -0.15) is 10.1 Å². The molecule has 0 unspecified atom stereocenters. The van der Waals surface area contributed by atoms with E-state index in [0.717, 1.165) is 43.6 Å². The van der Waals surface area contributed by atoms with Crippen molar-refractivity contribution in [2.24, 2.45) is 16.9 Å². The Morgan fingerprint density at radius 3 is 1.91 bits per heavy atom. The van der Waals surface area contributed by atoms with Gasteiger partial charge in [0, 0.05) is 11.8 Å². The van der Waals surface area contributed by atoms with Gasteiger partial charge in [-0.1, -0.05) is 91.0 Å². The van der Waals surface area contributed by atoms with Gasteiger partial charge in [-0.3, -0.25) is 9.59 Å². The summed E-state index contributed by atoms with van der Waals surface area (Å²) >= 11 is 0. The minimum atomic E-state index is -0.459. The molecule has 3 aliphatic carbocycles. The number of amides is 2. The minimum absolute atomic E-state index is 0.155. The summed E-state index contributed by atoms with van der Waals surface area (Å²) < 4.78 is 11.8. The topological polar surface area (TPSA) is 68.2 Å². The van der Waals surface area contributed by atoms with E-state index in [1.54, 1.807) is 19.4 Å². The Labute approximate surface area is 249 Å². The van der Waals surface area contributed by atoms with Crippen molar-refractivity contribution in [3.8, 4) is 11.5 Å². The Morgan fingerprint density at radius 1 is 0.698 bits per heavy atom. The molecule has 0 radical (unpaired) electrons. The standard InChI is InChI=1S/C37H28N2O4/c1-42-31-19-22(17-18-30(31)43-21-24-11-8-10-23-9-2-3-12-25(23)24)20-38-39-36(40)34-32-26-13-4-5-14-27(26)33(35(34)37(39)41)29-16-7-6-15-28(29)32/h2-20,32-35H,21H2,1H3/b38-20-/t32?,33?,34-,35-/m0/s1. The maximum absolute atomic E-state index is 13.8. The summed E-state index contributed by atoms with van der Waals surface area (Å²) in [7, 11) is 1.59. The number of ether oxygens (including phenoxy) is 2. The van der Waals surface area contributed by atoms with Gasteiger partial charge in [-0.05, 0) is 62.4 Å². The summed E-state index contributed by atoms with van der Waals surface area (Å²) in [5.74, 6) is -0.577. The third-order valence-corrected chi connectivity index (χ3v) is 9.20. The summed E-state index contributed by atoms with van der Waals surface area (Å²) in [5.41, 5.74) is 6.34. The predicted octanol–water partition coefficient (Wildman–Crippen LogP) is 6.65. The Morgan fingerprint density at radius 2 is 1.28 bits per heavy atom. The average molecular weight is 565 g/mol. The van der Waals surface area contributed by atoms with Crippen LogP contribution in [0.15, 0.2) is 114 Å². The highest BCUT2D eigenvalue weighted by Gasteiger charge is 2.61. The first kappa shape index (κ1) is 25.5. The second-order valence-corrected chi connectivity index (χ2v) is 11.3. The molecular weight excluding hydrogens is 536 g/mol. The smallest absolute Gasteiger partial charge is 0.254 e. The summed E-state index contributed by atoms with van der Waals surface area (Å²) in [6.07, 6.45) is 1.55. The van der Waals surface area contributed by atoms with Crippen LogP contribution in [-0.2, 0) is 16.2 Å². The van der Waals surface area contributed by atoms with Crippen LogP contribution in [-0.4, -0.2) is 30.1 Å². The second-order valence-electron chi connectivity index (χ2n) is 11.3. The minimum Gasteiger partial charge on any atom is -0.493 e. The number of carbonyl (C=O) groups is 2. The number of rotatable bonds is 6. The molecule has 6 nitrogen and oxygen atoms in total. The summed E-state index contributed by atoms with van der Waals surface area (Å²) in [6.45, 7) is 0.387. The number of hydrogen-bond donors (Lipinski definition) is 0. The highest BCUT2D eigenvalue weighted by atomic mass is 16.5. The number of carbonyl (C=O) groups excluding carboxylic acids is 2. The Bertz CT molecular complexity index is 1840. The molecule has 43 heavy (non-hydrogen) atoms. The van der Waals surface area contributed by atoms with Gasteiger partial charge < -0.3 is 9.47 Å². The number of fused-ring (bicyclic) bond motifs is 1.